The zero-order valence-corrected chi connectivity index (χ0v) is 12.8. The first-order chi connectivity index (χ1) is 11.5. The van der Waals surface area contributed by atoms with E-state index in [1.165, 1.54) is 6.08 Å². The molecule has 1 saturated heterocycles. The predicted molar refractivity (Wildman–Crippen MR) is 86.4 cm³/mol. The quantitative estimate of drug-likeness (QED) is 0.660. The molecule has 1 aliphatic rings. The van der Waals surface area contributed by atoms with Crippen LogP contribution in [-0.2, 0) is 9.59 Å². The van der Waals surface area contributed by atoms with E-state index in [4.69, 9.17) is 9.84 Å². The van der Waals surface area contributed by atoms with Crippen LogP contribution >= 0.6 is 0 Å². The molecule has 3 rings (SSSR count). The number of ether oxygens (including phenoxy) is 1. The number of carbonyl (C=O) groups excluding carboxylic acids is 2. The highest BCUT2D eigenvalue weighted by Crippen LogP contribution is 2.23. The van der Waals surface area contributed by atoms with Crippen molar-refractivity contribution in [2.75, 3.05) is 13.7 Å². The normalized spacial score (nSPS) is 15.9. The molecule has 1 fully saturated rings. The summed E-state index contributed by atoms with van der Waals surface area (Å²) in [7, 11) is 1.59. The van der Waals surface area contributed by atoms with Gasteiger partial charge >= 0.3 is 12.0 Å². The first-order valence-corrected chi connectivity index (χ1v) is 7.12. The fourth-order valence-electron chi connectivity index (χ4n) is 2.48. The number of carbonyl (C=O) groups is 3. The molecule has 2 N–H and O–H groups in total. The predicted octanol–water partition coefficient (Wildman–Crippen LogP) is 1.83. The van der Waals surface area contributed by atoms with Gasteiger partial charge in [-0.05, 0) is 40.6 Å². The van der Waals surface area contributed by atoms with E-state index < -0.39 is 24.5 Å². The second-order valence-electron chi connectivity index (χ2n) is 5.25. The molecule has 1 heterocycles. The fourth-order valence-corrected chi connectivity index (χ4v) is 2.48. The van der Waals surface area contributed by atoms with Gasteiger partial charge in [0.15, 0.2) is 0 Å². The number of urea groups is 1. The van der Waals surface area contributed by atoms with Crippen LogP contribution in [0.25, 0.3) is 16.8 Å². The van der Waals surface area contributed by atoms with Gasteiger partial charge in [-0.25, -0.2) is 9.69 Å². The number of methoxy groups -OCH3 is 1. The third kappa shape index (κ3) is 2.91. The number of hydrogen-bond donors (Lipinski definition) is 2. The Balaban J connectivity index is 1.91. The Hall–Kier alpha value is -3.35. The van der Waals surface area contributed by atoms with E-state index in [9.17, 15) is 14.4 Å². The van der Waals surface area contributed by atoms with Crippen molar-refractivity contribution in [3.63, 3.8) is 0 Å². The Morgan fingerprint density at radius 2 is 1.92 bits per heavy atom. The van der Waals surface area contributed by atoms with Crippen LogP contribution in [0.3, 0.4) is 0 Å². The molecule has 2 aromatic carbocycles. The van der Waals surface area contributed by atoms with Crippen LogP contribution in [0.5, 0.6) is 5.75 Å². The zero-order chi connectivity index (χ0) is 17.3. The third-order valence-corrected chi connectivity index (χ3v) is 3.64. The minimum Gasteiger partial charge on any atom is -0.497 e. The van der Waals surface area contributed by atoms with Gasteiger partial charge in [0, 0.05) is 0 Å². The molecule has 0 aliphatic carbocycles. The number of nitrogens with zero attached hydrogens (tertiary/aromatic N) is 1. The lowest BCUT2D eigenvalue weighted by molar-refractivity contribution is -0.140. The summed E-state index contributed by atoms with van der Waals surface area (Å²) in [5.74, 6) is -1.16. The van der Waals surface area contributed by atoms with Crippen LogP contribution in [0, 0.1) is 0 Å². The van der Waals surface area contributed by atoms with Gasteiger partial charge in [-0.1, -0.05) is 18.2 Å². The number of amides is 3. The smallest absolute Gasteiger partial charge is 0.329 e. The zero-order valence-electron chi connectivity index (χ0n) is 12.8. The number of nitrogens with one attached hydrogen (secondary N) is 1. The molecule has 0 saturated carbocycles. The molecule has 0 aromatic heterocycles. The highest BCUT2D eigenvalue weighted by molar-refractivity contribution is 6.15. The standard InChI is InChI=1S/C17H14N2O5/c1-24-13-5-4-11-6-10(2-3-12(11)8-13)7-14-16(22)19(9-15(20)21)17(23)18-14/h2-8H,9H2,1H3,(H,18,23)(H,20,21)/b14-7+. The van der Waals surface area contributed by atoms with Crippen molar-refractivity contribution in [1.29, 1.82) is 0 Å². The molecule has 7 nitrogen and oxygen atoms in total. The highest BCUT2D eigenvalue weighted by Gasteiger charge is 2.34. The van der Waals surface area contributed by atoms with Crippen molar-refractivity contribution in [3.8, 4) is 5.75 Å². The largest absolute Gasteiger partial charge is 0.497 e. The first-order valence-electron chi connectivity index (χ1n) is 7.12. The molecular weight excluding hydrogens is 312 g/mol. The van der Waals surface area contributed by atoms with Gasteiger partial charge in [0.1, 0.15) is 18.0 Å². The number of hydrogen-bond acceptors (Lipinski definition) is 4. The van der Waals surface area contributed by atoms with Crippen LogP contribution in [0.1, 0.15) is 5.56 Å². The molecule has 0 unspecified atom stereocenters. The maximum absolute atomic E-state index is 12.1. The number of carboxylic acids is 1. The lowest BCUT2D eigenvalue weighted by Crippen LogP contribution is -2.35. The minimum atomic E-state index is -1.25. The molecule has 2 aromatic rings. The van der Waals surface area contributed by atoms with Gasteiger partial charge in [0.05, 0.1) is 7.11 Å². The van der Waals surface area contributed by atoms with Crippen molar-refractivity contribution in [2.24, 2.45) is 0 Å². The molecule has 122 valence electrons. The van der Waals surface area contributed by atoms with E-state index >= 15 is 0 Å². The molecule has 1 aliphatic heterocycles. The molecule has 3 amide bonds. The van der Waals surface area contributed by atoms with Gasteiger partial charge in [-0.2, -0.15) is 0 Å². The SMILES string of the molecule is COc1ccc2cc(/C=C3/NC(=O)N(CC(=O)O)C3=O)ccc2c1. The van der Waals surface area contributed by atoms with Crippen LogP contribution < -0.4 is 10.1 Å². The van der Waals surface area contributed by atoms with Gasteiger partial charge in [0.25, 0.3) is 5.91 Å². The van der Waals surface area contributed by atoms with Crippen LogP contribution in [0.15, 0.2) is 42.1 Å². The maximum Gasteiger partial charge on any atom is 0.329 e. The van der Waals surface area contributed by atoms with E-state index in [-0.39, 0.29) is 5.70 Å². The molecule has 0 bridgehead atoms. The Bertz CT molecular complexity index is 888. The summed E-state index contributed by atoms with van der Waals surface area (Å²) in [5, 5.41) is 13.1. The summed E-state index contributed by atoms with van der Waals surface area (Å²) in [4.78, 5) is 35.1. The number of aliphatic carboxylic acids is 1. The number of carboxylic acid groups (broad SMARTS) is 1. The molecule has 0 radical (unpaired) electrons. The number of imide groups is 1. The summed E-state index contributed by atoms with van der Waals surface area (Å²) in [5.41, 5.74) is 0.766. The maximum atomic E-state index is 12.1. The highest BCUT2D eigenvalue weighted by atomic mass is 16.5. The topological polar surface area (TPSA) is 95.9 Å². The van der Waals surface area contributed by atoms with E-state index in [2.05, 4.69) is 5.32 Å². The van der Waals surface area contributed by atoms with Crippen molar-refractivity contribution >= 4 is 34.8 Å². The Kier molecular flexibility index (Phi) is 3.91. The molecule has 0 atom stereocenters. The second-order valence-corrected chi connectivity index (χ2v) is 5.25. The van der Waals surface area contributed by atoms with Gasteiger partial charge in [-0.3, -0.25) is 9.59 Å². The van der Waals surface area contributed by atoms with Crippen molar-refractivity contribution in [2.45, 2.75) is 0 Å². The second kappa shape index (κ2) is 6.04. The van der Waals surface area contributed by atoms with Crippen LogP contribution in [0.2, 0.25) is 0 Å². The molecular formula is C17H14N2O5. The summed E-state index contributed by atoms with van der Waals surface area (Å²) in [6.07, 6.45) is 1.52. The monoisotopic (exact) mass is 326 g/mol. The van der Waals surface area contributed by atoms with Crippen LogP contribution in [-0.4, -0.2) is 41.6 Å². The van der Waals surface area contributed by atoms with Crippen molar-refractivity contribution < 1.29 is 24.2 Å². The van der Waals surface area contributed by atoms with E-state index in [1.54, 1.807) is 13.2 Å². The summed E-state index contributed by atoms with van der Waals surface area (Å²) in [6, 6.07) is 10.4. The van der Waals surface area contributed by atoms with Crippen molar-refractivity contribution in [1.82, 2.24) is 10.2 Å². The number of benzene rings is 2. The van der Waals surface area contributed by atoms with Crippen molar-refractivity contribution in [3.05, 3.63) is 47.7 Å². The fraction of sp³-hybridized carbons (Fsp3) is 0.118. The molecule has 7 heteroatoms. The molecule has 0 spiro atoms. The van der Waals surface area contributed by atoms with E-state index in [0.29, 0.717) is 10.5 Å². The summed E-state index contributed by atoms with van der Waals surface area (Å²) >= 11 is 0. The Morgan fingerprint density at radius 3 is 2.62 bits per heavy atom. The average Bonchev–Trinajstić information content (AvgIpc) is 2.81. The minimum absolute atomic E-state index is 0.0501. The Labute approximate surface area is 137 Å². The van der Waals surface area contributed by atoms with E-state index in [1.807, 2.05) is 30.3 Å². The Morgan fingerprint density at radius 1 is 1.21 bits per heavy atom. The first kappa shape index (κ1) is 15.5. The molecule has 24 heavy (non-hydrogen) atoms. The van der Waals surface area contributed by atoms with E-state index in [0.717, 1.165) is 16.5 Å². The number of fused-ring (bicyclic) bond motifs is 1. The number of rotatable bonds is 4. The lowest BCUT2D eigenvalue weighted by Gasteiger charge is -2.07. The average molecular weight is 326 g/mol. The van der Waals surface area contributed by atoms with Crippen LogP contribution in [0.4, 0.5) is 4.79 Å². The van der Waals surface area contributed by atoms with Gasteiger partial charge < -0.3 is 15.2 Å². The summed E-state index contributed by atoms with van der Waals surface area (Å²) < 4.78 is 5.17. The van der Waals surface area contributed by atoms with Gasteiger partial charge in [0.2, 0.25) is 0 Å². The lowest BCUT2D eigenvalue weighted by atomic mass is 10.1. The van der Waals surface area contributed by atoms with Gasteiger partial charge in [-0.15, -0.1) is 0 Å². The third-order valence-electron chi connectivity index (χ3n) is 3.64. The summed E-state index contributed by atoms with van der Waals surface area (Å²) in [6.45, 7) is -0.667.